The molecular formula is C28H28N4O2S. The molecule has 2 aromatic heterocycles. The quantitative estimate of drug-likeness (QED) is 0.403. The van der Waals surface area contributed by atoms with Crippen LogP contribution in [0.1, 0.15) is 34.3 Å². The van der Waals surface area contributed by atoms with Gasteiger partial charge in [-0.3, -0.25) is 9.78 Å². The number of aryl methyl sites for hydroxylation is 1. The van der Waals surface area contributed by atoms with Crippen molar-refractivity contribution < 1.29 is 9.53 Å². The summed E-state index contributed by atoms with van der Waals surface area (Å²) in [6.07, 6.45) is 9.58. The first-order chi connectivity index (χ1) is 17.0. The fourth-order valence-electron chi connectivity index (χ4n) is 4.23. The van der Waals surface area contributed by atoms with Crippen molar-refractivity contribution >= 4 is 28.1 Å². The van der Waals surface area contributed by atoms with Gasteiger partial charge in [0.05, 0.1) is 18.2 Å². The Morgan fingerprint density at radius 1 is 1.14 bits per heavy atom. The van der Waals surface area contributed by atoms with Gasteiger partial charge in [0, 0.05) is 47.9 Å². The Bertz CT molecular complexity index is 1390. The summed E-state index contributed by atoms with van der Waals surface area (Å²) in [7, 11) is 3.66. The van der Waals surface area contributed by atoms with E-state index in [2.05, 4.69) is 57.7 Å². The second-order valence-electron chi connectivity index (χ2n) is 8.97. The van der Waals surface area contributed by atoms with Crippen LogP contribution >= 0.6 is 11.3 Å². The summed E-state index contributed by atoms with van der Waals surface area (Å²) in [6.45, 7) is 3.08. The number of thiazole rings is 1. The molecule has 6 rings (SSSR count). The van der Waals surface area contributed by atoms with Crippen LogP contribution in [0, 0.1) is 6.92 Å². The van der Waals surface area contributed by atoms with Gasteiger partial charge in [-0.25, -0.2) is 4.98 Å². The minimum Gasteiger partial charge on any atom is -0.497 e. The van der Waals surface area contributed by atoms with Crippen LogP contribution in [0.4, 0.5) is 0 Å². The van der Waals surface area contributed by atoms with Gasteiger partial charge in [-0.2, -0.15) is 0 Å². The van der Waals surface area contributed by atoms with Crippen LogP contribution in [0.3, 0.4) is 0 Å². The van der Waals surface area contributed by atoms with Crippen molar-refractivity contribution in [2.24, 2.45) is 0 Å². The van der Waals surface area contributed by atoms with Gasteiger partial charge in [0.15, 0.2) is 0 Å². The molecule has 0 unspecified atom stereocenters. The van der Waals surface area contributed by atoms with E-state index < -0.39 is 0 Å². The molecule has 0 bridgehead atoms. The topological polar surface area (TPSA) is 67.3 Å². The zero-order valence-corrected chi connectivity index (χ0v) is 20.9. The molecule has 3 heterocycles. The maximum absolute atomic E-state index is 13.2. The Morgan fingerprint density at radius 2 is 1.94 bits per heavy atom. The van der Waals surface area contributed by atoms with E-state index >= 15 is 0 Å². The lowest BCUT2D eigenvalue weighted by Crippen LogP contribution is -2.35. The first-order valence-corrected chi connectivity index (χ1v) is 12.5. The fourth-order valence-corrected chi connectivity index (χ4v) is 4.85. The molecule has 1 aliphatic heterocycles. The highest BCUT2D eigenvalue weighted by Gasteiger charge is 2.47. The Balaban J connectivity index is 0.000000453. The number of carbonyl (C=O) groups excluding carboxylic acids is 1. The number of amides is 1. The summed E-state index contributed by atoms with van der Waals surface area (Å²) >= 11 is 1.60. The molecule has 0 saturated heterocycles. The minimum absolute atomic E-state index is 0.0828. The summed E-state index contributed by atoms with van der Waals surface area (Å²) in [5, 5.41) is 7.31. The molecule has 1 fully saturated rings. The third-order valence-corrected chi connectivity index (χ3v) is 7.28. The molecule has 6 nitrogen and oxygen atoms in total. The van der Waals surface area contributed by atoms with Crippen molar-refractivity contribution in [3.05, 3.63) is 89.2 Å². The van der Waals surface area contributed by atoms with Crippen LogP contribution in [0.15, 0.2) is 72.5 Å². The van der Waals surface area contributed by atoms with Gasteiger partial charge >= 0.3 is 0 Å². The lowest BCUT2D eigenvalue weighted by atomic mass is 9.95. The first-order valence-electron chi connectivity index (χ1n) is 11.6. The number of nitrogens with one attached hydrogen (secondary N) is 1. The SMILES string of the molecule is CN1C=CC1.COc1ccc(C)c(C(=O)NC2(c3cc(-c4nccs4)cc4ncccc34)CC2)c1. The second kappa shape index (κ2) is 9.50. The highest BCUT2D eigenvalue weighted by Crippen LogP contribution is 2.49. The van der Waals surface area contributed by atoms with E-state index in [1.165, 1.54) is 0 Å². The van der Waals surface area contributed by atoms with E-state index in [1.807, 2.05) is 36.7 Å². The Morgan fingerprint density at radius 3 is 2.57 bits per heavy atom. The number of aromatic nitrogens is 2. The average molecular weight is 485 g/mol. The van der Waals surface area contributed by atoms with Crippen molar-refractivity contribution in [1.82, 2.24) is 20.2 Å². The van der Waals surface area contributed by atoms with Gasteiger partial charge in [-0.15, -0.1) is 11.3 Å². The monoisotopic (exact) mass is 484 g/mol. The van der Waals surface area contributed by atoms with Crippen LogP contribution in [0.2, 0.25) is 0 Å². The third kappa shape index (κ3) is 4.77. The molecule has 0 radical (unpaired) electrons. The van der Waals surface area contributed by atoms with Crippen molar-refractivity contribution in [2.75, 3.05) is 20.7 Å². The van der Waals surface area contributed by atoms with Gasteiger partial charge in [0.25, 0.3) is 5.91 Å². The number of carbonyl (C=O) groups is 1. The molecule has 0 atom stereocenters. The smallest absolute Gasteiger partial charge is 0.252 e. The number of methoxy groups -OCH3 is 1. The lowest BCUT2D eigenvalue weighted by molar-refractivity contribution is 0.0930. The molecule has 1 aliphatic carbocycles. The Hall–Kier alpha value is -3.71. The summed E-state index contributed by atoms with van der Waals surface area (Å²) in [5.74, 6) is 0.594. The highest BCUT2D eigenvalue weighted by atomic mass is 32.1. The number of fused-ring (bicyclic) bond motifs is 1. The van der Waals surface area contributed by atoms with E-state index in [-0.39, 0.29) is 11.4 Å². The standard InChI is InChI=1S/C24H21N3O2S.C4H7N/c1-15-5-6-17(29-2)14-19(15)22(28)27-24(7-8-24)20-12-16(23-26-10-11-30-23)13-21-18(20)4-3-9-25-21;1-5-3-2-4-5/h3-6,9-14H,7-8H2,1-2H3,(H,27,28);2-3H,4H2,1H3. The molecule has 1 N–H and O–H groups in total. The summed E-state index contributed by atoms with van der Waals surface area (Å²) in [6, 6.07) is 13.8. The van der Waals surface area contributed by atoms with Gasteiger partial charge in [0.1, 0.15) is 10.8 Å². The minimum atomic E-state index is -0.388. The van der Waals surface area contributed by atoms with Gasteiger partial charge in [0.2, 0.25) is 0 Å². The fraction of sp³-hybridized carbons (Fsp3) is 0.250. The molecule has 178 valence electrons. The van der Waals surface area contributed by atoms with E-state index in [0.717, 1.165) is 52.0 Å². The van der Waals surface area contributed by atoms with Crippen LogP contribution in [-0.4, -0.2) is 41.5 Å². The first kappa shape index (κ1) is 23.1. The predicted molar refractivity (Wildman–Crippen MR) is 141 cm³/mol. The molecule has 7 heteroatoms. The normalized spacial score (nSPS) is 15.1. The molecular weight excluding hydrogens is 456 g/mol. The average Bonchev–Trinajstić information content (AvgIpc) is 3.42. The van der Waals surface area contributed by atoms with Crippen LogP contribution in [0.5, 0.6) is 5.75 Å². The highest BCUT2D eigenvalue weighted by molar-refractivity contribution is 7.13. The maximum Gasteiger partial charge on any atom is 0.252 e. The number of benzene rings is 2. The molecule has 2 aliphatic rings. The predicted octanol–water partition coefficient (Wildman–Crippen LogP) is 5.54. The summed E-state index contributed by atoms with van der Waals surface area (Å²) in [5.41, 5.74) is 4.22. The molecule has 1 amide bonds. The van der Waals surface area contributed by atoms with E-state index in [9.17, 15) is 4.79 Å². The van der Waals surface area contributed by atoms with Crippen molar-refractivity contribution in [3.63, 3.8) is 0 Å². The van der Waals surface area contributed by atoms with E-state index in [4.69, 9.17) is 4.74 Å². The number of ether oxygens (including phenoxy) is 1. The summed E-state index contributed by atoms with van der Waals surface area (Å²) < 4.78 is 5.31. The molecule has 2 aromatic carbocycles. The van der Waals surface area contributed by atoms with Crippen molar-refractivity contribution in [1.29, 1.82) is 0 Å². The second-order valence-corrected chi connectivity index (χ2v) is 9.87. The summed E-state index contributed by atoms with van der Waals surface area (Å²) in [4.78, 5) is 24.4. The van der Waals surface area contributed by atoms with Crippen LogP contribution in [0.25, 0.3) is 21.5 Å². The number of likely N-dealkylation sites (N-methyl/N-ethyl adjacent to an activating group) is 1. The van der Waals surface area contributed by atoms with Crippen LogP contribution < -0.4 is 10.1 Å². The van der Waals surface area contributed by atoms with E-state index in [1.54, 1.807) is 30.7 Å². The number of hydrogen-bond acceptors (Lipinski definition) is 6. The zero-order valence-electron chi connectivity index (χ0n) is 20.1. The molecule has 0 spiro atoms. The van der Waals surface area contributed by atoms with Gasteiger partial charge < -0.3 is 15.0 Å². The molecule has 35 heavy (non-hydrogen) atoms. The maximum atomic E-state index is 13.2. The number of pyridine rings is 1. The number of rotatable bonds is 5. The van der Waals surface area contributed by atoms with Crippen molar-refractivity contribution in [3.8, 4) is 16.3 Å². The molecule has 1 saturated carbocycles. The number of nitrogens with zero attached hydrogens (tertiary/aromatic N) is 3. The largest absolute Gasteiger partial charge is 0.497 e. The zero-order chi connectivity index (χ0) is 24.4. The Kier molecular flexibility index (Phi) is 6.26. The van der Waals surface area contributed by atoms with Crippen molar-refractivity contribution in [2.45, 2.75) is 25.3 Å². The molecule has 4 aromatic rings. The third-order valence-electron chi connectivity index (χ3n) is 6.46. The van der Waals surface area contributed by atoms with Gasteiger partial charge in [-0.05, 0) is 73.5 Å². The Labute approximate surface area is 209 Å². The number of hydrogen-bond donors (Lipinski definition) is 1. The lowest BCUT2D eigenvalue weighted by Gasteiger charge is -2.21. The van der Waals surface area contributed by atoms with E-state index in [0.29, 0.717) is 11.3 Å². The van der Waals surface area contributed by atoms with Crippen LogP contribution in [-0.2, 0) is 5.54 Å². The van der Waals surface area contributed by atoms with Gasteiger partial charge in [-0.1, -0.05) is 12.1 Å².